The molecule has 0 saturated carbocycles. The highest BCUT2D eigenvalue weighted by atomic mass is 32.2. The Labute approximate surface area is 181 Å². The second-order valence-corrected chi connectivity index (χ2v) is 10.6. The van der Waals surface area contributed by atoms with Crippen molar-refractivity contribution in [3.63, 3.8) is 0 Å². The van der Waals surface area contributed by atoms with Crippen LogP contribution in [0.5, 0.6) is 0 Å². The number of aryl methyl sites for hydroxylation is 1. The lowest BCUT2D eigenvalue weighted by molar-refractivity contribution is 0.380. The van der Waals surface area contributed by atoms with Crippen molar-refractivity contribution in [2.24, 2.45) is 0 Å². The Kier molecular flexibility index (Phi) is 4.93. The molecular formula is C24H22N2O2S2. The van der Waals surface area contributed by atoms with E-state index >= 15 is 0 Å². The summed E-state index contributed by atoms with van der Waals surface area (Å²) in [6.45, 7) is 2.41. The summed E-state index contributed by atoms with van der Waals surface area (Å²) in [5.74, 6) is 0. The molecule has 2 heterocycles. The molecule has 3 aromatic carbocycles. The van der Waals surface area contributed by atoms with Gasteiger partial charge in [0.05, 0.1) is 4.90 Å². The van der Waals surface area contributed by atoms with Crippen molar-refractivity contribution >= 4 is 32.7 Å². The number of nitrogens with zero attached hydrogens (tertiary/aromatic N) is 1. The molecule has 6 heteroatoms. The van der Waals surface area contributed by atoms with E-state index in [0.717, 1.165) is 21.7 Å². The van der Waals surface area contributed by atoms with E-state index in [2.05, 4.69) is 17.1 Å². The number of rotatable bonds is 4. The van der Waals surface area contributed by atoms with Crippen molar-refractivity contribution in [3.8, 4) is 0 Å². The predicted octanol–water partition coefficient (Wildman–Crippen LogP) is 5.51. The minimum absolute atomic E-state index is 0.339. The van der Waals surface area contributed by atoms with Gasteiger partial charge in [-0.2, -0.15) is 4.31 Å². The first-order valence-electron chi connectivity index (χ1n) is 9.94. The lowest BCUT2D eigenvalue weighted by Gasteiger charge is -2.34. The molecule has 0 fully saturated rings. The van der Waals surface area contributed by atoms with Gasteiger partial charge in [0.1, 0.15) is 5.37 Å². The monoisotopic (exact) mass is 434 g/mol. The summed E-state index contributed by atoms with van der Waals surface area (Å²) >= 11 is 1.57. The summed E-state index contributed by atoms with van der Waals surface area (Å²) < 4.78 is 28.9. The van der Waals surface area contributed by atoms with Gasteiger partial charge in [-0.1, -0.05) is 65.9 Å². The number of hydrogen-bond donors (Lipinski definition) is 1. The number of aromatic amines is 1. The maximum atomic E-state index is 13.6. The molecule has 30 heavy (non-hydrogen) atoms. The van der Waals surface area contributed by atoms with Gasteiger partial charge >= 0.3 is 0 Å². The topological polar surface area (TPSA) is 53.2 Å². The van der Waals surface area contributed by atoms with E-state index in [9.17, 15) is 8.42 Å². The standard InChI is InChI=1S/C24H22N2O2S2/c1-17-11-13-19(14-12-17)30(27,28)26-16-15-21-20-9-5-6-10-22(20)25-23(21)24(26)29-18-7-3-2-4-8-18/h2-14,24-25H,15-16H2,1H3. The summed E-state index contributed by atoms with van der Waals surface area (Å²) in [5, 5.41) is 0.827. The number of thioether (sulfide) groups is 1. The molecule has 0 amide bonds. The van der Waals surface area contributed by atoms with E-state index < -0.39 is 10.0 Å². The van der Waals surface area contributed by atoms with E-state index in [1.54, 1.807) is 28.2 Å². The van der Waals surface area contributed by atoms with Crippen LogP contribution in [0.4, 0.5) is 0 Å². The summed E-state index contributed by atoms with van der Waals surface area (Å²) in [7, 11) is -3.64. The van der Waals surface area contributed by atoms with Crippen LogP contribution in [0, 0.1) is 6.92 Å². The van der Waals surface area contributed by atoms with E-state index in [-0.39, 0.29) is 5.37 Å². The number of para-hydroxylation sites is 1. The first kappa shape index (κ1) is 19.4. The van der Waals surface area contributed by atoms with Crippen LogP contribution < -0.4 is 0 Å². The molecule has 152 valence electrons. The molecule has 4 nitrogen and oxygen atoms in total. The van der Waals surface area contributed by atoms with Crippen molar-refractivity contribution < 1.29 is 8.42 Å². The van der Waals surface area contributed by atoms with Crippen LogP contribution in [0.3, 0.4) is 0 Å². The van der Waals surface area contributed by atoms with Crippen molar-refractivity contribution in [2.45, 2.75) is 28.5 Å². The number of fused-ring (bicyclic) bond motifs is 3. The maximum absolute atomic E-state index is 13.6. The average molecular weight is 435 g/mol. The van der Waals surface area contributed by atoms with Gasteiger partial charge in [-0.3, -0.25) is 0 Å². The molecule has 0 spiro atoms. The Morgan fingerprint density at radius 1 is 0.933 bits per heavy atom. The molecule has 0 bridgehead atoms. The first-order chi connectivity index (χ1) is 14.5. The molecule has 0 radical (unpaired) electrons. The second kappa shape index (κ2) is 7.61. The van der Waals surface area contributed by atoms with Crippen LogP contribution in [-0.4, -0.2) is 24.3 Å². The minimum Gasteiger partial charge on any atom is -0.356 e. The third kappa shape index (κ3) is 3.35. The van der Waals surface area contributed by atoms with Crippen LogP contribution >= 0.6 is 11.8 Å². The molecular weight excluding hydrogens is 412 g/mol. The number of sulfonamides is 1. The van der Waals surface area contributed by atoms with Gasteiger partial charge in [-0.05, 0) is 49.2 Å². The molecule has 0 aliphatic carbocycles. The number of aromatic nitrogens is 1. The van der Waals surface area contributed by atoms with E-state index in [1.807, 2.05) is 61.5 Å². The van der Waals surface area contributed by atoms with Gasteiger partial charge < -0.3 is 4.98 Å². The Morgan fingerprint density at radius 3 is 2.40 bits per heavy atom. The summed E-state index contributed by atoms with van der Waals surface area (Å²) in [4.78, 5) is 4.90. The van der Waals surface area contributed by atoms with Crippen LogP contribution in [0.15, 0.2) is 88.7 Å². The average Bonchev–Trinajstić information content (AvgIpc) is 3.14. The van der Waals surface area contributed by atoms with Gasteiger partial charge in [0.25, 0.3) is 0 Å². The predicted molar refractivity (Wildman–Crippen MR) is 122 cm³/mol. The maximum Gasteiger partial charge on any atom is 0.244 e. The van der Waals surface area contributed by atoms with Crippen LogP contribution in [0.2, 0.25) is 0 Å². The molecule has 1 aliphatic heterocycles. The van der Waals surface area contributed by atoms with Crippen molar-refractivity contribution in [1.29, 1.82) is 0 Å². The molecule has 1 unspecified atom stereocenters. The molecule has 1 N–H and O–H groups in total. The van der Waals surface area contributed by atoms with E-state index in [1.165, 1.54) is 10.9 Å². The van der Waals surface area contributed by atoms with Gasteiger partial charge in [0.15, 0.2) is 0 Å². The SMILES string of the molecule is Cc1ccc(S(=O)(=O)N2CCc3c([nH]c4ccccc34)C2Sc2ccccc2)cc1. The Morgan fingerprint density at radius 2 is 1.63 bits per heavy atom. The fraction of sp³-hybridized carbons (Fsp3) is 0.167. The molecule has 1 atom stereocenters. The number of hydrogen-bond acceptors (Lipinski definition) is 3. The van der Waals surface area contributed by atoms with Gasteiger partial charge in [0.2, 0.25) is 10.0 Å². The highest BCUT2D eigenvalue weighted by Crippen LogP contribution is 2.46. The lowest BCUT2D eigenvalue weighted by atomic mass is 10.0. The zero-order valence-electron chi connectivity index (χ0n) is 16.6. The Hall–Kier alpha value is -2.54. The van der Waals surface area contributed by atoms with Crippen LogP contribution in [-0.2, 0) is 16.4 Å². The number of benzene rings is 3. The summed E-state index contributed by atoms with van der Waals surface area (Å²) in [5.41, 5.74) is 4.29. The highest BCUT2D eigenvalue weighted by Gasteiger charge is 2.38. The molecule has 5 rings (SSSR count). The third-order valence-corrected chi connectivity index (χ3v) is 8.83. The van der Waals surface area contributed by atoms with Gasteiger partial charge in [0, 0.05) is 28.0 Å². The first-order valence-corrected chi connectivity index (χ1v) is 12.3. The van der Waals surface area contributed by atoms with Crippen LogP contribution in [0.1, 0.15) is 22.2 Å². The van der Waals surface area contributed by atoms with Crippen LogP contribution in [0.25, 0.3) is 10.9 Å². The second-order valence-electron chi connectivity index (χ2n) is 7.52. The molecule has 1 aliphatic rings. The molecule has 0 saturated heterocycles. The Balaban J connectivity index is 1.63. The summed E-state index contributed by atoms with van der Waals surface area (Å²) in [6.07, 6.45) is 0.691. The third-order valence-electron chi connectivity index (χ3n) is 5.56. The fourth-order valence-corrected chi connectivity index (χ4v) is 7.04. The quantitative estimate of drug-likeness (QED) is 0.460. The fourth-order valence-electron chi connectivity index (χ4n) is 4.02. The largest absolute Gasteiger partial charge is 0.356 e. The van der Waals surface area contributed by atoms with Crippen molar-refractivity contribution in [2.75, 3.05) is 6.54 Å². The normalized spacial score (nSPS) is 17.2. The van der Waals surface area contributed by atoms with E-state index in [0.29, 0.717) is 17.9 Å². The molecule has 4 aromatic rings. The minimum atomic E-state index is -3.64. The zero-order valence-corrected chi connectivity index (χ0v) is 18.2. The highest BCUT2D eigenvalue weighted by molar-refractivity contribution is 8.00. The lowest BCUT2D eigenvalue weighted by Crippen LogP contribution is -2.38. The Bertz CT molecular complexity index is 1300. The van der Waals surface area contributed by atoms with Crippen molar-refractivity contribution in [1.82, 2.24) is 9.29 Å². The van der Waals surface area contributed by atoms with Gasteiger partial charge in [-0.15, -0.1) is 0 Å². The van der Waals surface area contributed by atoms with Crippen molar-refractivity contribution in [3.05, 3.63) is 95.7 Å². The van der Waals surface area contributed by atoms with E-state index in [4.69, 9.17) is 0 Å². The van der Waals surface area contributed by atoms with Gasteiger partial charge in [-0.25, -0.2) is 8.42 Å². The number of nitrogens with one attached hydrogen (secondary N) is 1. The summed E-state index contributed by atoms with van der Waals surface area (Å²) in [6, 6.07) is 25.3. The molecule has 1 aromatic heterocycles. The number of H-pyrrole nitrogens is 1. The smallest absolute Gasteiger partial charge is 0.244 e. The zero-order chi connectivity index (χ0) is 20.7.